The van der Waals surface area contributed by atoms with E-state index in [9.17, 15) is 15.3 Å². The number of halogens is 1. The predicted octanol–water partition coefficient (Wildman–Crippen LogP) is 0.328. The molecule has 29 heavy (non-hydrogen) atoms. The third kappa shape index (κ3) is 3.72. The molecular formula is C18H21ClN6O4. The van der Waals surface area contributed by atoms with E-state index in [0.717, 1.165) is 5.56 Å². The lowest BCUT2D eigenvalue weighted by molar-refractivity contribution is -0.0501. The van der Waals surface area contributed by atoms with Gasteiger partial charge in [-0.25, -0.2) is 15.0 Å². The molecule has 1 aliphatic rings. The van der Waals surface area contributed by atoms with Crippen molar-refractivity contribution in [2.45, 2.75) is 31.0 Å². The Balaban J connectivity index is 1.63. The minimum atomic E-state index is -1.28. The van der Waals surface area contributed by atoms with Gasteiger partial charge in [0.15, 0.2) is 23.2 Å². The number of nitrogen functional groups attached to an aromatic ring is 1. The predicted molar refractivity (Wildman–Crippen MR) is 106 cm³/mol. The van der Waals surface area contributed by atoms with Crippen LogP contribution in [0.1, 0.15) is 11.8 Å². The summed E-state index contributed by atoms with van der Waals surface area (Å²) in [7, 11) is 0. The number of hydrogen-bond donors (Lipinski definition) is 5. The average molecular weight is 421 g/mol. The highest BCUT2D eigenvalue weighted by Gasteiger charge is 2.45. The van der Waals surface area contributed by atoms with E-state index in [2.05, 4.69) is 20.3 Å². The van der Waals surface area contributed by atoms with Crippen LogP contribution in [0, 0.1) is 0 Å². The molecule has 1 saturated heterocycles. The lowest BCUT2D eigenvalue weighted by Gasteiger charge is -2.19. The van der Waals surface area contributed by atoms with Crippen LogP contribution in [0.5, 0.6) is 0 Å². The summed E-state index contributed by atoms with van der Waals surface area (Å²) in [6.45, 7) is 0.0882. The van der Waals surface area contributed by atoms with Crippen LogP contribution in [0.3, 0.4) is 0 Å². The molecule has 3 aromatic rings. The first-order valence-electron chi connectivity index (χ1n) is 9.08. The number of benzene rings is 1. The van der Waals surface area contributed by atoms with Gasteiger partial charge in [-0.1, -0.05) is 23.7 Å². The largest absolute Gasteiger partial charge is 0.394 e. The number of nitrogens with two attached hydrogens (primary N) is 1. The number of aliphatic hydroxyl groups excluding tert-OH is 3. The molecule has 0 saturated carbocycles. The van der Waals surface area contributed by atoms with Crippen LogP contribution in [0.4, 0.5) is 11.8 Å². The van der Waals surface area contributed by atoms with Gasteiger partial charge in [-0.2, -0.15) is 0 Å². The molecule has 1 aliphatic heterocycles. The number of imidazole rings is 1. The van der Waals surface area contributed by atoms with Gasteiger partial charge in [0.25, 0.3) is 0 Å². The van der Waals surface area contributed by atoms with Gasteiger partial charge in [-0.05, 0) is 24.1 Å². The molecule has 0 spiro atoms. The normalized spacial score (nSPS) is 24.3. The Morgan fingerprint density at radius 3 is 2.62 bits per heavy atom. The van der Waals surface area contributed by atoms with E-state index >= 15 is 0 Å². The molecule has 4 atom stereocenters. The fraction of sp³-hybridized carbons (Fsp3) is 0.389. The summed E-state index contributed by atoms with van der Waals surface area (Å²) < 4.78 is 7.19. The zero-order valence-electron chi connectivity index (χ0n) is 15.3. The first-order chi connectivity index (χ1) is 14.0. The maximum absolute atomic E-state index is 10.5. The second-order valence-corrected chi connectivity index (χ2v) is 7.21. The van der Waals surface area contributed by atoms with Crippen LogP contribution in [0.25, 0.3) is 11.2 Å². The molecule has 0 aliphatic carbocycles. The second-order valence-electron chi connectivity index (χ2n) is 6.77. The van der Waals surface area contributed by atoms with E-state index in [1.165, 1.54) is 10.9 Å². The zero-order valence-corrected chi connectivity index (χ0v) is 16.1. The molecule has 0 radical (unpaired) electrons. The summed E-state index contributed by atoms with van der Waals surface area (Å²) >= 11 is 5.91. The maximum atomic E-state index is 10.5. The molecule has 2 aromatic heterocycles. The SMILES string of the molecule is Nc1ncnc2c1nc(NCCc1ccc(Cl)cc1)n2[C@@H]1O[C@H](CO)C(O)C1O. The number of hydrogen-bond acceptors (Lipinski definition) is 9. The van der Waals surface area contributed by atoms with Crippen LogP contribution < -0.4 is 11.1 Å². The summed E-state index contributed by atoms with van der Waals surface area (Å²) in [5.41, 5.74) is 7.70. The minimum absolute atomic E-state index is 0.182. The van der Waals surface area contributed by atoms with Gasteiger partial charge in [0.05, 0.1) is 6.61 Å². The van der Waals surface area contributed by atoms with Crippen molar-refractivity contribution in [2.75, 3.05) is 24.2 Å². The third-order valence-corrected chi connectivity index (χ3v) is 5.14. The van der Waals surface area contributed by atoms with Crippen LogP contribution in [0.15, 0.2) is 30.6 Å². The van der Waals surface area contributed by atoms with Crippen molar-refractivity contribution in [1.82, 2.24) is 19.5 Å². The minimum Gasteiger partial charge on any atom is -0.394 e. The van der Waals surface area contributed by atoms with Crippen molar-refractivity contribution in [3.63, 3.8) is 0 Å². The molecule has 1 aromatic carbocycles. The zero-order chi connectivity index (χ0) is 20.5. The highest BCUT2D eigenvalue weighted by Crippen LogP contribution is 2.35. The molecule has 0 bridgehead atoms. The Kier molecular flexibility index (Phi) is 5.52. The molecule has 3 heterocycles. The second kappa shape index (κ2) is 8.09. The van der Waals surface area contributed by atoms with Crippen LogP contribution in [0.2, 0.25) is 5.02 Å². The van der Waals surface area contributed by atoms with Gasteiger partial charge in [0.1, 0.15) is 24.6 Å². The van der Waals surface area contributed by atoms with E-state index < -0.39 is 31.1 Å². The number of aromatic nitrogens is 4. The van der Waals surface area contributed by atoms with Crippen LogP contribution >= 0.6 is 11.6 Å². The number of fused-ring (bicyclic) bond motifs is 1. The fourth-order valence-corrected chi connectivity index (χ4v) is 3.48. The van der Waals surface area contributed by atoms with Crippen molar-refractivity contribution in [3.8, 4) is 0 Å². The van der Waals surface area contributed by atoms with E-state index in [1.807, 2.05) is 24.3 Å². The number of aliphatic hydroxyl groups is 3. The summed E-state index contributed by atoms with van der Waals surface area (Å²) in [5.74, 6) is 0.539. The smallest absolute Gasteiger partial charge is 0.207 e. The van der Waals surface area contributed by atoms with Crippen LogP contribution in [-0.4, -0.2) is 66.3 Å². The number of anilines is 2. The Hall–Kier alpha value is -2.50. The highest BCUT2D eigenvalue weighted by atomic mass is 35.5. The van der Waals surface area contributed by atoms with Gasteiger partial charge < -0.3 is 31.1 Å². The molecule has 6 N–H and O–H groups in total. The molecule has 0 amide bonds. The molecule has 11 heteroatoms. The number of ether oxygens (including phenoxy) is 1. The van der Waals surface area contributed by atoms with Gasteiger partial charge in [0, 0.05) is 11.6 Å². The monoisotopic (exact) mass is 420 g/mol. The van der Waals surface area contributed by atoms with Gasteiger partial charge in [-0.3, -0.25) is 4.57 Å². The van der Waals surface area contributed by atoms with E-state index in [4.69, 9.17) is 22.1 Å². The maximum Gasteiger partial charge on any atom is 0.207 e. The van der Waals surface area contributed by atoms with E-state index in [1.54, 1.807) is 0 Å². The Morgan fingerprint density at radius 2 is 1.93 bits per heavy atom. The van der Waals surface area contributed by atoms with E-state index in [-0.39, 0.29) is 5.82 Å². The lowest BCUT2D eigenvalue weighted by Crippen LogP contribution is -2.33. The van der Waals surface area contributed by atoms with Crippen molar-refractivity contribution >= 4 is 34.5 Å². The van der Waals surface area contributed by atoms with Crippen molar-refractivity contribution < 1.29 is 20.1 Å². The highest BCUT2D eigenvalue weighted by molar-refractivity contribution is 6.30. The molecule has 10 nitrogen and oxygen atoms in total. The standard InChI is InChI=1S/C18H21ClN6O4/c19-10-3-1-9(2-4-10)5-6-21-18-24-12-15(20)22-8-23-16(12)25(18)17-14(28)13(27)11(7-26)29-17/h1-4,8,11,13-14,17,26-28H,5-7H2,(H,21,24)(H2,20,22,23)/t11-,13?,14?,17-/m1/s1. The van der Waals surface area contributed by atoms with Crippen LogP contribution in [-0.2, 0) is 11.2 Å². The van der Waals surface area contributed by atoms with E-state index in [0.29, 0.717) is 35.1 Å². The summed E-state index contributed by atoms with van der Waals surface area (Å²) in [5, 5.41) is 33.9. The van der Waals surface area contributed by atoms with Gasteiger partial charge in [0.2, 0.25) is 5.95 Å². The lowest BCUT2D eigenvalue weighted by atomic mass is 10.1. The van der Waals surface area contributed by atoms with Crippen molar-refractivity contribution in [1.29, 1.82) is 0 Å². The van der Waals surface area contributed by atoms with Gasteiger partial charge in [-0.15, -0.1) is 0 Å². The molecule has 1 fully saturated rings. The molecular weight excluding hydrogens is 400 g/mol. The Bertz CT molecular complexity index is 998. The fourth-order valence-electron chi connectivity index (χ4n) is 3.36. The van der Waals surface area contributed by atoms with Gasteiger partial charge >= 0.3 is 0 Å². The Morgan fingerprint density at radius 1 is 1.17 bits per heavy atom. The summed E-state index contributed by atoms with van der Waals surface area (Å²) in [6, 6.07) is 7.51. The molecule has 154 valence electrons. The topological polar surface area (TPSA) is 152 Å². The van der Waals surface area contributed by atoms with Crippen molar-refractivity contribution in [3.05, 3.63) is 41.2 Å². The summed E-state index contributed by atoms with van der Waals surface area (Å²) in [4.78, 5) is 12.6. The first kappa shape index (κ1) is 19.8. The number of nitrogens with one attached hydrogen (secondary N) is 1. The Labute approximate surface area is 170 Å². The number of rotatable bonds is 6. The molecule has 4 rings (SSSR count). The van der Waals surface area contributed by atoms with Crippen molar-refractivity contribution in [2.24, 2.45) is 0 Å². The quantitative estimate of drug-likeness (QED) is 0.379. The third-order valence-electron chi connectivity index (χ3n) is 4.89. The average Bonchev–Trinajstić information content (AvgIpc) is 3.22. The molecule has 2 unspecified atom stereocenters. The summed E-state index contributed by atoms with van der Waals surface area (Å²) in [6.07, 6.45) is -2.47. The number of nitrogens with zero attached hydrogens (tertiary/aromatic N) is 4. The first-order valence-corrected chi connectivity index (χ1v) is 9.46.